The van der Waals surface area contributed by atoms with Gasteiger partial charge in [-0.1, -0.05) is 0 Å². The first kappa shape index (κ1) is 21.5. The topological polar surface area (TPSA) is 293 Å². The summed E-state index contributed by atoms with van der Waals surface area (Å²) in [5.41, 5.74) is -3.96. The lowest BCUT2D eigenvalue weighted by Crippen LogP contribution is -2.08. The average Bonchev–Trinajstić information content (AvgIpc) is 2.76. The number of aromatic nitrogens is 6. The maximum Gasteiger partial charge on any atom is 0.463 e. The van der Waals surface area contributed by atoms with E-state index < -0.39 is 86.8 Å². The van der Waals surface area contributed by atoms with Crippen molar-refractivity contribution in [3.05, 3.63) is 56.3 Å². The zero-order valence-corrected chi connectivity index (χ0v) is 16.0. The molecule has 0 aliphatic rings. The molecule has 21 nitrogen and oxygen atoms in total. The summed E-state index contributed by atoms with van der Waals surface area (Å²) >= 11 is 0. The number of nitro groups is 5. The molecular formula is C13H3N11O10. The van der Waals surface area contributed by atoms with Crippen molar-refractivity contribution in [3.63, 3.8) is 0 Å². The van der Waals surface area contributed by atoms with Crippen LogP contribution >= 0.6 is 0 Å². The fourth-order valence-electron chi connectivity index (χ4n) is 3.00. The van der Waals surface area contributed by atoms with E-state index in [-0.39, 0.29) is 5.69 Å². The van der Waals surface area contributed by atoms with E-state index in [2.05, 4.69) is 29.9 Å². The molecule has 0 fully saturated rings. The van der Waals surface area contributed by atoms with Gasteiger partial charge in [-0.25, -0.2) is 4.98 Å². The van der Waals surface area contributed by atoms with Gasteiger partial charge in [-0.05, 0) is 56.5 Å². The molecule has 0 aliphatic heterocycles. The Kier molecular flexibility index (Phi) is 4.51. The van der Waals surface area contributed by atoms with Gasteiger partial charge in [0.15, 0.2) is 5.52 Å². The number of rotatable bonds is 5. The molecule has 0 saturated carbocycles. The first-order valence-corrected chi connectivity index (χ1v) is 8.38. The first-order valence-electron chi connectivity index (χ1n) is 8.38. The Labute approximate surface area is 180 Å². The Hall–Kier alpha value is -5.76. The minimum atomic E-state index is -1.39. The Morgan fingerprint density at radius 3 is 0.853 bits per heavy atom. The minimum Gasteiger partial charge on any atom is -0.358 e. The smallest absolute Gasteiger partial charge is 0.358 e. The summed E-state index contributed by atoms with van der Waals surface area (Å²) < 4.78 is 0. The van der Waals surface area contributed by atoms with Gasteiger partial charge >= 0.3 is 29.1 Å². The summed E-state index contributed by atoms with van der Waals surface area (Å²) in [6.45, 7) is 1.15. The zero-order valence-electron chi connectivity index (χ0n) is 16.0. The highest BCUT2D eigenvalue weighted by Gasteiger charge is 2.41. The van der Waals surface area contributed by atoms with Crippen molar-refractivity contribution in [2.45, 2.75) is 6.92 Å². The maximum atomic E-state index is 11.3. The van der Waals surface area contributed by atoms with Crippen molar-refractivity contribution < 1.29 is 24.6 Å². The third-order valence-electron chi connectivity index (χ3n) is 4.30. The number of fused-ring (bicyclic) bond motifs is 6. The van der Waals surface area contributed by atoms with Crippen LogP contribution in [0, 0.1) is 57.5 Å². The molecule has 0 spiro atoms. The maximum absolute atomic E-state index is 11.3. The molecule has 0 atom stereocenters. The van der Waals surface area contributed by atoms with Crippen molar-refractivity contribution >= 4 is 62.2 Å². The first-order chi connectivity index (χ1) is 15.9. The van der Waals surface area contributed by atoms with E-state index in [1.54, 1.807) is 0 Å². The lowest BCUT2D eigenvalue weighted by Gasteiger charge is -2.01. The van der Waals surface area contributed by atoms with Crippen LogP contribution in [-0.2, 0) is 0 Å². The summed E-state index contributed by atoms with van der Waals surface area (Å²) in [4.78, 5) is 72.5. The molecule has 3 heterocycles. The highest BCUT2D eigenvalue weighted by Crippen LogP contribution is 2.37. The molecule has 170 valence electrons. The van der Waals surface area contributed by atoms with E-state index in [9.17, 15) is 50.6 Å². The van der Waals surface area contributed by atoms with Crippen LogP contribution in [0.2, 0.25) is 0 Å². The predicted octanol–water partition coefficient (Wildman–Crippen LogP) is 1.37. The molecule has 0 radical (unpaired) electrons. The Bertz CT molecular complexity index is 1620. The van der Waals surface area contributed by atoms with Crippen LogP contribution < -0.4 is 0 Å². The molecule has 21 heteroatoms. The summed E-state index contributed by atoms with van der Waals surface area (Å²) in [6.07, 6.45) is 0. The number of nitrogens with zero attached hydrogens (tertiary/aromatic N) is 11. The molecule has 0 saturated heterocycles. The molecule has 0 bridgehead atoms. The fraction of sp³-hybridized carbons (Fsp3) is 0.0769. The van der Waals surface area contributed by atoms with Crippen LogP contribution in [-0.4, -0.2) is 54.5 Å². The predicted molar refractivity (Wildman–Crippen MR) is 104 cm³/mol. The van der Waals surface area contributed by atoms with Crippen LogP contribution in [0.15, 0.2) is 0 Å². The highest BCUT2D eigenvalue weighted by molar-refractivity contribution is 6.18. The SMILES string of the molecule is Cc1nc2c(nc1[N+](=O)[O-])c1nc([N+](=O)[O-])c([N+](=O)[O-])nc1c1nc([N+](=O)[O-])c([N+](=O)[O-])nc21. The molecule has 4 aromatic rings. The molecule has 0 aliphatic carbocycles. The van der Waals surface area contributed by atoms with Gasteiger partial charge in [-0.2, -0.15) is 0 Å². The molecular weight excluding hydrogens is 470 g/mol. The van der Waals surface area contributed by atoms with E-state index >= 15 is 0 Å². The number of benzene rings is 1. The minimum absolute atomic E-state index is 0.315. The monoisotopic (exact) mass is 473 g/mol. The van der Waals surface area contributed by atoms with E-state index in [0.29, 0.717) is 0 Å². The molecule has 0 amide bonds. The lowest BCUT2D eigenvalue weighted by atomic mass is 10.2. The normalized spacial score (nSPS) is 11.1. The Morgan fingerprint density at radius 2 is 0.618 bits per heavy atom. The fourth-order valence-corrected chi connectivity index (χ4v) is 3.00. The Balaban J connectivity index is 2.39. The van der Waals surface area contributed by atoms with Crippen molar-refractivity contribution in [2.24, 2.45) is 0 Å². The van der Waals surface area contributed by atoms with Gasteiger partial charge in [0, 0.05) is 0 Å². The van der Waals surface area contributed by atoms with E-state index in [0.717, 1.165) is 6.92 Å². The van der Waals surface area contributed by atoms with Crippen LogP contribution in [0.3, 0.4) is 0 Å². The summed E-state index contributed by atoms with van der Waals surface area (Å²) in [7, 11) is 0. The zero-order chi connectivity index (χ0) is 25.1. The molecule has 4 rings (SSSR count). The van der Waals surface area contributed by atoms with Crippen LogP contribution in [0.4, 0.5) is 29.1 Å². The van der Waals surface area contributed by atoms with Crippen LogP contribution in [0.5, 0.6) is 0 Å². The molecule has 34 heavy (non-hydrogen) atoms. The number of aryl methyl sites for hydroxylation is 1. The second-order valence-corrected chi connectivity index (χ2v) is 6.25. The Morgan fingerprint density at radius 1 is 0.412 bits per heavy atom. The molecule has 1 aromatic carbocycles. The largest absolute Gasteiger partial charge is 0.463 e. The highest BCUT2D eigenvalue weighted by atomic mass is 16.7. The van der Waals surface area contributed by atoms with Crippen molar-refractivity contribution in [1.29, 1.82) is 0 Å². The van der Waals surface area contributed by atoms with Gasteiger partial charge in [0.1, 0.15) is 5.69 Å². The third kappa shape index (κ3) is 3.03. The van der Waals surface area contributed by atoms with E-state index in [4.69, 9.17) is 0 Å². The van der Waals surface area contributed by atoms with Gasteiger partial charge < -0.3 is 50.6 Å². The summed E-state index contributed by atoms with van der Waals surface area (Å²) in [5, 5.41) is 56.6. The van der Waals surface area contributed by atoms with Crippen molar-refractivity contribution in [2.75, 3.05) is 0 Å². The number of hydrogen-bond donors (Lipinski definition) is 0. The average molecular weight is 473 g/mol. The molecule has 0 unspecified atom stereocenters. The van der Waals surface area contributed by atoms with Gasteiger partial charge in [-0.3, -0.25) is 0 Å². The van der Waals surface area contributed by atoms with Gasteiger partial charge in [-0.15, -0.1) is 0 Å². The quantitative estimate of drug-likeness (QED) is 0.224. The summed E-state index contributed by atoms with van der Waals surface area (Å²) in [5.74, 6) is -6.30. The van der Waals surface area contributed by atoms with Crippen LogP contribution in [0.1, 0.15) is 5.69 Å². The van der Waals surface area contributed by atoms with Gasteiger partial charge in [0.25, 0.3) is 27.6 Å². The lowest BCUT2D eigenvalue weighted by molar-refractivity contribution is -0.428. The second kappa shape index (κ2) is 7.14. The third-order valence-corrected chi connectivity index (χ3v) is 4.30. The van der Waals surface area contributed by atoms with Crippen molar-refractivity contribution in [1.82, 2.24) is 29.9 Å². The van der Waals surface area contributed by atoms with Gasteiger partial charge in [0.2, 0.25) is 0 Å². The number of hydrogen-bond acceptors (Lipinski definition) is 16. The van der Waals surface area contributed by atoms with E-state index in [1.807, 2.05) is 0 Å². The molecule has 3 aromatic heterocycles. The standard InChI is InChI=1S/C13H3N11O10/c1-2-9(20(25)26)15-4-3(14-2)5-7(18-11(22(29)30)10(16-5)21(27)28)8-6(4)17-12(23(31)32)13(19-8)24(33)34/h1H3. The molecule has 0 N–H and O–H groups in total. The summed E-state index contributed by atoms with van der Waals surface area (Å²) in [6, 6.07) is 0. The van der Waals surface area contributed by atoms with Gasteiger partial charge in [0.05, 0.1) is 0 Å². The van der Waals surface area contributed by atoms with Crippen LogP contribution in [0.25, 0.3) is 33.1 Å². The van der Waals surface area contributed by atoms with Crippen molar-refractivity contribution in [3.8, 4) is 0 Å². The van der Waals surface area contributed by atoms with E-state index in [1.165, 1.54) is 0 Å². The second-order valence-electron chi connectivity index (χ2n) is 6.25.